The third kappa shape index (κ3) is 1.86. The highest BCUT2D eigenvalue weighted by Gasteiger charge is 2.00. The molecule has 3 rings (SSSR count). The Morgan fingerprint density at radius 3 is 2.67 bits per heavy atom. The van der Waals surface area contributed by atoms with E-state index in [1.807, 2.05) is 42.6 Å². The van der Waals surface area contributed by atoms with Gasteiger partial charge >= 0.3 is 0 Å². The molecule has 18 heavy (non-hydrogen) atoms. The largest absolute Gasteiger partial charge is 0.507 e. The lowest BCUT2D eigenvalue weighted by Crippen LogP contribution is -1.80. The number of aliphatic imine (C=N–C) groups is 1. The van der Waals surface area contributed by atoms with E-state index in [1.54, 1.807) is 18.3 Å². The van der Waals surface area contributed by atoms with E-state index in [4.69, 9.17) is 0 Å². The summed E-state index contributed by atoms with van der Waals surface area (Å²) in [6, 6.07) is 15.1. The van der Waals surface area contributed by atoms with Crippen LogP contribution in [0, 0.1) is 0 Å². The number of aromatic amines is 1. The molecule has 0 aliphatic rings. The van der Waals surface area contributed by atoms with E-state index in [-0.39, 0.29) is 5.75 Å². The summed E-state index contributed by atoms with van der Waals surface area (Å²) in [6.07, 6.45) is 3.53. The zero-order chi connectivity index (χ0) is 12.4. The van der Waals surface area contributed by atoms with Crippen molar-refractivity contribution < 1.29 is 5.11 Å². The molecule has 2 aromatic carbocycles. The summed E-state index contributed by atoms with van der Waals surface area (Å²) in [5.41, 5.74) is 2.64. The molecule has 0 fully saturated rings. The summed E-state index contributed by atoms with van der Waals surface area (Å²) in [4.78, 5) is 7.57. The van der Waals surface area contributed by atoms with Crippen LogP contribution in [0.15, 0.2) is 59.7 Å². The fourth-order valence-corrected chi connectivity index (χ4v) is 1.90. The second-order valence-corrected chi connectivity index (χ2v) is 4.04. The van der Waals surface area contributed by atoms with Crippen molar-refractivity contribution in [3.05, 3.63) is 60.3 Å². The maximum absolute atomic E-state index is 9.65. The lowest BCUT2D eigenvalue weighted by atomic mass is 10.2. The molecule has 3 nitrogen and oxygen atoms in total. The minimum atomic E-state index is 0.237. The minimum absolute atomic E-state index is 0.237. The highest BCUT2D eigenvalue weighted by Crippen LogP contribution is 2.25. The molecule has 0 atom stereocenters. The Balaban J connectivity index is 2.00. The van der Waals surface area contributed by atoms with Crippen molar-refractivity contribution in [2.24, 2.45) is 4.99 Å². The molecular weight excluding hydrogens is 224 g/mol. The van der Waals surface area contributed by atoms with Gasteiger partial charge in [0.2, 0.25) is 0 Å². The Kier molecular flexibility index (Phi) is 2.57. The van der Waals surface area contributed by atoms with Crippen LogP contribution in [-0.2, 0) is 0 Å². The lowest BCUT2D eigenvalue weighted by molar-refractivity contribution is 0.474. The number of H-pyrrole nitrogens is 1. The summed E-state index contributed by atoms with van der Waals surface area (Å²) in [5, 5.41) is 10.7. The monoisotopic (exact) mass is 236 g/mol. The predicted molar refractivity (Wildman–Crippen MR) is 73.7 cm³/mol. The van der Waals surface area contributed by atoms with E-state index >= 15 is 0 Å². The van der Waals surface area contributed by atoms with E-state index in [9.17, 15) is 5.11 Å². The van der Waals surface area contributed by atoms with Crippen LogP contribution >= 0.6 is 0 Å². The fraction of sp³-hybridized carbons (Fsp3) is 0. The summed E-state index contributed by atoms with van der Waals surface area (Å²) >= 11 is 0. The highest BCUT2D eigenvalue weighted by atomic mass is 16.3. The Hall–Kier alpha value is -2.55. The molecule has 0 radical (unpaired) electrons. The topological polar surface area (TPSA) is 48.4 Å². The van der Waals surface area contributed by atoms with Crippen LogP contribution in [0.3, 0.4) is 0 Å². The van der Waals surface area contributed by atoms with Crippen LogP contribution in [0.5, 0.6) is 5.75 Å². The Morgan fingerprint density at radius 1 is 1.00 bits per heavy atom. The third-order valence-corrected chi connectivity index (χ3v) is 2.85. The average Bonchev–Trinajstić information content (AvgIpc) is 2.81. The quantitative estimate of drug-likeness (QED) is 0.656. The number of benzene rings is 2. The van der Waals surface area contributed by atoms with Crippen molar-refractivity contribution in [1.82, 2.24) is 4.98 Å². The third-order valence-electron chi connectivity index (χ3n) is 2.85. The summed E-state index contributed by atoms with van der Waals surface area (Å²) in [7, 11) is 0. The number of hydrogen-bond donors (Lipinski definition) is 2. The standard InChI is InChI=1S/C15H12N2O/c18-15-8-4-1-5-11(15)9-16-14-10-17-13-7-3-2-6-12(13)14/h1-10,17-18H. The van der Waals surface area contributed by atoms with E-state index in [0.717, 1.165) is 16.6 Å². The molecule has 0 saturated heterocycles. The number of nitrogens with zero attached hydrogens (tertiary/aromatic N) is 1. The number of hydrogen-bond acceptors (Lipinski definition) is 2. The maximum atomic E-state index is 9.65. The predicted octanol–water partition coefficient (Wildman–Crippen LogP) is 3.62. The van der Waals surface area contributed by atoms with E-state index in [2.05, 4.69) is 9.98 Å². The molecule has 3 heteroatoms. The highest BCUT2D eigenvalue weighted by molar-refractivity contribution is 5.94. The normalized spacial score (nSPS) is 11.3. The maximum Gasteiger partial charge on any atom is 0.124 e. The first-order valence-corrected chi connectivity index (χ1v) is 5.73. The van der Waals surface area contributed by atoms with Crippen molar-refractivity contribution in [1.29, 1.82) is 0 Å². The van der Waals surface area contributed by atoms with Crippen molar-refractivity contribution in [3.63, 3.8) is 0 Å². The Labute approximate surface area is 104 Å². The molecule has 0 spiro atoms. The van der Waals surface area contributed by atoms with Gasteiger partial charge in [0.15, 0.2) is 0 Å². The van der Waals surface area contributed by atoms with Gasteiger partial charge in [0, 0.05) is 28.9 Å². The number of fused-ring (bicyclic) bond motifs is 1. The molecule has 0 aliphatic carbocycles. The Bertz CT molecular complexity index is 713. The van der Waals surface area contributed by atoms with Crippen LogP contribution in [0.1, 0.15) is 5.56 Å². The number of aromatic nitrogens is 1. The SMILES string of the molecule is Oc1ccccc1C=Nc1c[nH]c2ccccc12. The summed E-state index contributed by atoms with van der Waals surface area (Å²) in [5.74, 6) is 0.237. The number of aromatic hydroxyl groups is 1. The first-order chi connectivity index (χ1) is 8.84. The minimum Gasteiger partial charge on any atom is -0.507 e. The first kappa shape index (κ1) is 10.6. The van der Waals surface area contributed by atoms with Crippen LogP contribution in [-0.4, -0.2) is 16.3 Å². The van der Waals surface area contributed by atoms with Crippen molar-refractivity contribution in [2.45, 2.75) is 0 Å². The fourth-order valence-electron chi connectivity index (χ4n) is 1.90. The Morgan fingerprint density at radius 2 is 1.78 bits per heavy atom. The zero-order valence-electron chi connectivity index (χ0n) is 9.67. The first-order valence-electron chi connectivity index (χ1n) is 5.73. The van der Waals surface area contributed by atoms with Crippen LogP contribution in [0.25, 0.3) is 10.9 Å². The van der Waals surface area contributed by atoms with Gasteiger partial charge in [-0.25, -0.2) is 0 Å². The molecule has 0 bridgehead atoms. The number of rotatable bonds is 2. The van der Waals surface area contributed by atoms with Gasteiger partial charge in [-0.2, -0.15) is 0 Å². The van der Waals surface area contributed by atoms with Gasteiger partial charge in [-0.15, -0.1) is 0 Å². The van der Waals surface area contributed by atoms with Gasteiger partial charge in [0.25, 0.3) is 0 Å². The van der Waals surface area contributed by atoms with Crippen LogP contribution < -0.4 is 0 Å². The number of phenols is 1. The van der Waals surface area contributed by atoms with Crippen molar-refractivity contribution in [3.8, 4) is 5.75 Å². The zero-order valence-corrected chi connectivity index (χ0v) is 9.67. The average molecular weight is 236 g/mol. The number of phenolic OH excluding ortho intramolecular Hbond substituents is 1. The van der Waals surface area contributed by atoms with Gasteiger partial charge in [0.05, 0.1) is 5.69 Å². The lowest BCUT2D eigenvalue weighted by Gasteiger charge is -1.96. The van der Waals surface area contributed by atoms with Crippen molar-refractivity contribution in [2.75, 3.05) is 0 Å². The van der Waals surface area contributed by atoms with Gasteiger partial charge in [-0.3, -0.25) is 4.99 Å². The van der Waals surface area contributed by atoms with E-state index in [1.165, 1.54) is 0 Å². The molecule has 1 aromatic heterocycles. The number of para-hydroxylation sites is 2. The van der Waals surface area contributed by atoms with Gasteiger partial charge in [-0.1, -0.05) is 30.3 Å². The molecule has 0 unspecified atom stereocenters. The van der Waals surface area contributed by atoms with Gasteiger partial charge in [0.1, 0.15) is 5.75 Å². The number of nitrogens with one attached hydrogen (secondary N) is 1. The molecule has 0 aliphatic heterocycles. The molecule has 88 valence electrons. The van der Waals surface area contributed by atoms with Crippen LogP contribution in [0.2, 0.25) is 0 Å². The second kappa shape index (κ2) is 4.37. The smallest absolute Gasteiger partial charge is 0.124 e. The second-order valence-electron chi connectivity index (χ2n) is 4.04. The van der Waals surface area contributed by atoms with Crippen molar-refractivity contribution >= 4 is 22.8 Å². The molecular formula is C15H12N2O. The van der Waals surface area contributed by atoms with Gasteiger partial charge < -0.3 is 10.1 Å². The van der Waals surface area contributed by atoms with E-state index in [0.29, 0.717) is 5.56 Å². The van der Waals surface area contributed by atoms with Gasteiger partial charge in [-0.05, 0) is 18.2 Å². The summed E-state index contributed by atoms with van der Waals surface area (Å²) in [6.45, 7) is 0. The molecule has 3 aromatic rings. The summed E-state index contributed by atoms with van der Waals surface area (Å²) < 4.78 is 0. The molecule has 0 amide bonds. The van der Waals surface area contributed by atoms with Crippen LogP contribution in [0.4, 0.5) is 5.69 Å². The molecule has 0 saturated carbocycles. The van der Waals surface area contributed by atoms with E-state index < -0.39 is 0 Å². The molecule has 1 heterocycles. The molecule has 2 N–H and O–H groups in total.